The molecule has 0 aromatic heterocycles. The molecule has 3 heterocycles. The molecule has 0 spiro atoms. The van der Waals surface area contributed by atoms with E-state index in [1.807, 2.05) is 4.90 Å². The Labute approximate surface area is 174 Å². The SMILES string of the molecule is CCOC(=O)OC1CCN(CCNC(=O)N2CCN(C3CCNCC3)CC2)CC1. The molecule has 0 bridgehead atoms. The molecule has 3 aliphatic heterocycles. The van der Waals surface area contributed by atoms with E-state index < -0.39 is 6.16 Å². The van der Waals surface area contributed by atoms with Gasteiger partial charge in [0.25, 0.3) is 0 Å². The van der Waals surface area contributed by atoms with Gasteiger partial charge in [0.15, 0.2) is 0 Å². The van der Waals surface area contributed by atoms with Gasteiger partial charge in [0.1, 0.15) is 6.10 Å². The van der Waals surface area contributed by atoms with Crippen molar-refractivity contribution < 1.29 is 19.1 Å². The lowest BCUT2D eigenvalue weighted by atomic mass is 10.0. The Kier molecular flexibility index (Phi) is 8.82. The molecule has 3 aliphatic rings. The molecule has 0 aromatic rings. The highest BCUT2D eigenvalue weighted by Crippen LogP contribution is 2.15. The molecule has 2 amide bonds. The quantitative estimate of drug-likeness (QED) is 0.623. The maximum Gasteiger partial charge on any atom is 0.508 e. The van der Waals surface area contributed by atoms with E-state index in [9.17, 15) is 9.59 Å². The van der Waals surface area contributed by atoms with E-state index >= 15 is 0 Å². The van der Waals surface area contributed by atoms with Crippen LogP contribution in [0.1, 0.15) is 32.6 Å². The van der Waals surface area contributed by atoms with Gasteiger partial charge in [0, 0.05) is 58.4 Å². The van der Waals surface area contributed by atoms with Crippen molar-refractivity contribution in [2.45, 2.75) is 44.8 Å². The molecule has 0 radical (unpaired) electrons. The molecule has 3 saturated heterocycles. The molecule has 29 heavy (non-hydrogen) atoms. The molecule has 3 rings (SSSR count). The average molecular weight is 412 g/mol. The second-order valence-corrected chi connectivity index (χ2v) is 8.08. The van der Waals surface area contributed by atoms with Crippen LogP contribution in [0.2, 0.25) is 0 Å². The summed E-state index contributed by atoms with van der Waals surface area (Å²) in [5.74, 6) is 0. The largest absolute Gasteiger partial charge is 0.508 e. The molecule has 0 saturated carbocycles. The van der Waals surface area contributed by atoms with Crippen molar-refractivity contribution in [1.29, 1.82) is 0 Å². The fraction of sp³-hybridized carbons (Fsp3) is 0.900. The summed E-state index contributed by atoms with van der Waals surface area (Å²) in [6, 6.07) is 0.729. The number of urea groups is 1. The van der Waals surface area contributed by atoms with E-state index in [0.717, 1.165) is 71.7 Å². The molecular formula is C20H37N5O4. The normalized spacial score (nSPS) is 23.0. The third kappa shape index (κ3) is 7.01. The van der Waals surface area contributed by atoms with Crippen LogP contribution in [0.3, 0.4) is 0 Å². The van der Waals surface area contributed by atoms with Crippen LogP contribution in [0.15, 0.2) is 0 Å². The highest BCUT2D eigenvalue weighted by molar-refractivity contribution is 5.74. The summed E-state index contributed by atoms with van der Waals surface area (Å²) in [6.07, 6.45) is 3.42. The second kappa shape index (κ2) is 11.6. The first kappa shape index (κ1) is 22.1. The average Bonchev–Trinajstić information content (AvgIpc) is 2.76. The number of amides is 2. The molecule has 0 atom stereocenters. The lowest BCUT2D eigenvalue weighted by Crippen LogP contribution is -2.56. The highest BCUT2D eigenvalue weighted by atomic mass is 16.7. The fourth-order valence-corrected chi connectivity index (χ4v) is 4.43. The Balaban J connectivity index is 1.26. The molecule has 9 heteroatoms. The van der Waals surface area contributed by atoms with Crippen LogP contribution in [-0.4, -0.2) is 111 Å². The molecule has 9 nitrogen and oxygen atoms in total. The Hall–Kier alpha value is -1.58. The number of hydrogen-bond donors (Lipinski definition) is 2. The van der Waals surface area contributed by atoms with Gasteiger partial charge in [0.05, 0.1) is 6.61 Å². The third-order valence-corrected chi connectivity index (χ3v) is 6.19. The van der Waals surface area contributed by atoms with Gasteiger partial charge in [-0.2, -0.15) is 0 Å². The number of piperidine rings is 2. The first-order chi connectivity index (χ1) is 14.2. The summed E-state index contributed by atoms with van der Waals surface area (Å²) >= 11 is 0. The zero-order chi connectivity index (χ0) is 20.5. The number of piperazine rings is 1. The maximum absolute atomic E-state index is 12.5. The van der Waals surface area contributed by atoms with Gasteiger partial charge in [-0.05, 0) is 45.7 Å². The number of nitrogens with one attached hydrogen (secondary N) is 2. The maximum atomic E-state index is 12.5. The second-order valence-electron chi connectivity index (χ2n) is 8.08. The van der Waals surface area contributed by atoms with Crippen LogP contribution in [0.4, 0.5) is 9.59 Å². The van der Waals surface area contributed by atoms with Crippen molar-refractivity contribution in [3.8, 4) is 0 Å². The highest BCUT2D eigenvalue weighted by Gasteiger charge is 2.27. The molecule has 2 N–H and O–H groups in total. The van der Waals surface area contributed by atoms with E-state index in [0.29, 0.717) is 19.2 Å². The van der Waals surface area contributed by atoms with E-state index in [1.165, 1.54) is 12.8 Å². The van der Waals surface area contributed by atoms with Gasteiger partial charge in [-0.15, -0.1) is 0 Å². The van der Waals surface area contributed by atoms with Crippen molar-refractivity contribution in [3.63, 3.8) is 0 Å². The van der Waals surface area contributed by atoms with Crippen molar-refractivity contribution in [2.75, 3.05) is 72.1 Å². The van der Waals surface area contributed by atoms with Crippen LogP contribution in [0, 0.1) is 0 Å². The number of hydrogen-bond acceptors (Lipinski definition) is 7. The van der Waals surface area contributed by atoms with Crippen LogP contribution >= 0.6 is 0 Å². The number of nitrogens with zero attached hydrogens (tertiary/aromatic N) is 3. The van der Waals surface area contributed by atoms with Gasteiger partial charge >= 0.3 is 12.2 Å². The van der Waals surface area contributed by atoms with Gasteiger partial charge in [-0.25, -0.2) is 9.59 Å². The monoisotopic (exact) mass is 411 g/mol. The van der Waals surface area contributed by atoms with Gasteiger partial charge in [0.2, 0.25) is 0 Å². The minimum atomic E-state index is -0.571. The number of carbonyl (C=O) groups excluding carboxylic acids is 2. The van der Waals surface area contributed by atoms with Crippen LogP contribution in [-0.2, 0) is 9.47 Å². The molecule has 166 valence electrons. The molecule has 0 aliphatic carbocycles. The molecule has 0 unspecified atom stereocenters. The Morgan fingerprint density at radius 2 is 1.69 bits per heavy atom. The molecule has 0 aromatic carbocycles. The minimum Gasteiger partial charge on any atom is -0.435 e. The first-order valence-electron chi connectivity index (χ1n) is 11.2. The van der Waals surface area contributed by atoms with Crippen molar-refractivity contribution >= 4 is 12.2 Å². The summed E-state index contributed by atoms with van der Waals surface area (Å²) < 4.78 is 10.1. The smallest absolute Gasteiger partial charge is 0.435 e. The number of ether oxygens (including phenoxy) is 2. The summed E-state index contributed by atoms with van der Waals surface area (Å²) in [7, 11) is 0. The van der Waals surface area contributed by atoms with E-state index in [2.05, 4.69) is 20.4 Å². The van der Waals surface area contributed by atoms with Gasteiger partial charge < -0.3 is 29.9 Å². The third-order valence-electron chi connectivity index (χ3n) is 6.19. The van der Waals surface area contributed by atoms with Gasteiger partial charge in [-0.3, -0.25) is 4.90 Å². The van der Waals surface area contributed by atoms with Gasteiger partial charge in [-0.1, -0.05) is 0 Å². The predicted molar refractivity (Wildman–Crippen MR) is 110 cm³/mol. The summed E-state index contributed by atoms with van der Waals surface area (Å²) in [5, 5.41) is 6.48. The van der Waals surface area contributed by atoms with Crippen molar-refractivity contribution in [1.82, 2.24) is 25.3 Å². The number of rotatable bonds is 6. The fourth-order valence-electron chi connectivity index (χ4n) is 4.43. The topological polar surface area (TPSA) is 86.4 Å². The van der Waals surface area contributed by atoms with Crippen LogP contribution < -0.4 is 10.6 Å². The number of likely N-dealkylation sites (tertiary alicyclic amines) is 1. The summed E-state index contributed by atoms with van der Waals surface area (Å²) in [6.45, 7) is 11.1. The molecule has 3 fully saturated rings. The lowest BCUT2D eigenvalue weighted by molar-refractivity contribution is 0.00213. The summed E-state index contributed by atoms with van der Waals surface area (Å²) in [4.78, 5) is 30.6. The van der Waals surface area contributed by atoms with Crippen LogP contribution in [0.25, 0.3) is 0 Å². The first-order valence-corrected chi connectivity index (χ1v) is 11.2. The van der Waals surface area contributed by atoms with Crippen molar-refractivity contribution in [2.24, 2.45) is 0 Å². The van der Waals surface area contributed by atoms with E-state index in [-0.39, 0.29) is 12.1 Å². The predicted octanol–water partition coefficient (Wildman–Crippen LogP) is 0.703. The standard InChI is InChI=1S/C20H37N5O4/c1-2-28-20(27)29-18-5-10-23(11-6-18)12-9-22-19(26)25-15-13-24(14-16-25)17-3-7-21-8-4-17/h17-18,21H,2-16H2,1H3,(H,22,26). The Morgan fingerprint density at radius 1 is 1.00 bits per heavy atom. The Morgan fingerprint density at radius 3 is 2.34 bits per heavy atom. The van der Waals surface area contributed by atoms with Crippen LogP contribution in [0.5, 0.6) is 0 Å². The number of carbonyl (C=O) groups is 2. The van der Waals surface area contributed by atoms with E-state index in [4.69, 9.17) is 9.47 Å². The zero-order valence-corrected chi connectivity index (χ0v) is 17.7. The van der Waals surface area contributed by atoms with E-state index in [1.54, 1.807) is 6.92 Å². The lowest BCUT2D eigenvalue weighted by Gasteiger charge is -2.40. The summed E-state index contributed by atoms with van der Waals surface area (Å²) in [5.41, 5.74) is 0. The van der Waals surface area contributed by atoms with Crippen molar-refractivity contribution in [3.05, 3.63) is 0 Å². The minimum absolute atomic E-state index is 0.0514. The Bertz CT molecular complexity index is 513. The zero-order valence-electron chi connectivity index (χ0n) is 17.7. The molecular weight excluding hydrogens is 374 g/mol.